The van der Waals surface area contributed by atoms with Gasteiger partial charge in [-0.3, -0.25) is 29.3 Å². The first-order valence-corrected chi connectivity index (χ1v) is 10.9. The summed E-state index contributed by atoms with van der Waals surface area (Å²) in [6, 6.07) is 10.9. The number of non-ortho nitro benzene ring substituents is 1. The summed E-state index contributed by atoms with van der Waals surface area (Å²) < 4.78 is 0. The van der Waals surface area contributed by atoms with E-state index in [-0.39, 0.29) is 16.8 Å². The van der Waals surface area contributed by atoms with Crippen LogP contribution < -0.4 is 0 Å². The highest BCUT2D eigenvalue weighted by Crippen LogP contribution is 2.39. The molecule has 2 fully saturated rings. The summed E-state index contributed by atoms with van der Waals surface area (Å²) in [4.78, 5) is 63.2. The Balaban J connectivity index is 1.71. The van der Waals surface area contributed by atoms with Crippen LogP contribution in [0.15, 0.2) is 48.5 Å². The minimum Gasteiger partial charge on any atom is -0.292 e. The third-order valence-corrected chi connectivity index (χ3v) is 6.31. The lowest BCUT2D eigenvalue weighted by Gasteiger charge is -2.30. The van der Waals surface area contributed by atoms with Gasteiger partial charge in [0.05, 0.1) is 16.8 Å². The molecule has 0 bridgehead atoms. The van der Waals surface area contributed by atoms with Crippen LogP contribution in [-0.2, 0) is 9.59 Å². The lowest BCUT2D eigenvalue weighted by atomic mass is 9.81. The Morgan fingerprint density at radius 1 is 1.00 bits per heavy atom. The highest BCUT2D eigenvalue weighted by molar-refractivity contribution is 6.30. The third kappa shape index (κ3) is 4.36. The number of Topliss-reactive ketones (excluding diaryl/α,β-unsaturated/α-hetero) is 1. The summed E-state index contributed by atoms with van der Waals surface area (Å²) in [5, 5.41) is 13.2. The van der Waals surface area contributed by atoms with Crippen molar-refractivity contribution in [3.05, 3.63) is 74.8 Å². The molecule has 0 radical (unpaired) electrons. The van der Waals surface area contributed by atoms with Gasteiger partial charge >= 0.3 is 0 Å². The first-order valence-electron chi connectivity index (χ1n) is 10.5. The van der Waals surface area contributed by atoms with E-state index in [1.165, 1.54) is 42.5 Å². The van der Waals surface area contributed by atoms with Crippen LogP contribution in [0.2, 0.25) is 5.02 Å². The Morgan fingerprint density at radius 2 is 1.61 bits per heavy atom. The van der Waals surface area contributed by atoms with Gasteiger partial charge in [-0.25, -0.2) is 5.01 Å². The minimum atomic E-state index is -0.846. The Hall–Kier alpha value is -3.59. The van der Waals surface area contributed by atoms with Gasteiger partial charge in [-0.05, 0) is 43.2 Å². The monoisotopic (exact) mass is 469 g/mol. The number of nitrogens with zero attached hydrogens (tertiary/aromatic N) is 3. The molecule has 0 N–H and O–H groups in total. The highest BCUT2D eigenvalue weighted by Gasteiger charge is 2.51. The normalized spacial score (nSPS) is 19.8. The van der Waals surface area contributed by atoms with E-state index >= 15 is 0 Å². The Bertz CT molecular complexity index is 1130. The zero-order chi connectivity index (χ0) is 23.7. The second-order valence-corrected chi connectivity index (χ2v) is 8.52. The van der Waals surface area contributed by atoms with Gasteiger partial charge in [-0.15, -0.1) is 0 Å². The van der Waals surface area contributed by atoms with Crippen LogP contribution >= 0.6 is 11.6 Å². The summed E-state index contributed by atoms with van der Waals surface area (Å²) in [7, 11) is 0. The van der Waals surface area contributed by atoms with E-state index in [1.807, 2.05) is 0 Å². The molecule has 1 heterocycles. The van der Waals surface area contributed by atoms with E-state index in [9.17, 15) is 29.3 Å². The van der Waals surface area contributed by atoms with Crippen molar-refractivity contribution in [2.24, 2.45) is 11.8 Å². The number of imide groups is 1. The topological polar surface area (TPSA) is 118 Å². The highest BCUT2D eigenvalue weighted by atomic mass is 35.5. The quantitative estimate of drug-likeness (QED) is 0.276. The van der Waals surface area contributed by atoms with Crippen LogP contribution in [0.25, 0.3) is 0 Å². The lowest BCUT2D eigenvalue weighted by molar-refractivity contribution is -0.384. The molecule has 1 saturated carbocycles. The summed E-state index contributed by atoms with van der Waals surface area (Å²) >= 11 is 5.88. The Morgan fingerprint density at radius 3 is 2.18 bits per heavy atom. The number of nitro benzene ring substituents is 1. The number of hydrazine groups is 1. The average molecular weight is 470 g/mol. The Labute approximate surface area is 194 Å². The van der Waals surface area contributed by atoms with E-state index in [2.05, 4.69) is 0 Å². The number of benzene rings is 2. The number of hydrogen-bond acceptors (Lipinski definition) is 6. The van der Waals surface area contributed by atoms with Crippen molar-refractivity contribution in [3.8, 4) is 0 Å². The van der Waals surface area contributed by atoms with Gasteiger partial charge in [-0.2, -0.15) is 5.01 Å². The summed E-state index contributed by atoms with van der Waals surface area (Å²) in [6.07, 6.45) is 2.68. The van der Waals surface area contributed by atoms with E-state index in [4.69, 9.17) is 11.6 Å². The van der Waals surface area contributed by atoms with Gasteiger partial charge in [0, 0.05) is 28.3 Å². The van der Waals surface area contributed by atoms with Crippen LogP contribution in [0, 0.1) is 22.0 Å². The third-order valence-electron chi connectivity index (χ3n) is 6.06. The molecule has 2 aliphatic rings. The van der Waals surface area contributed by atoms with Crippen LogP contribution in [-0.4, -0.2) is 45.0 Å². The number of rotatable bonds is 6. The van der Waals surface area contributed by atoms with Crippen LogP contribution in [0.5, 0.6) is 0 Å². The maximum atomic E-state index is 13.4. The summed E-state index contributed by atoms with van der Waals surface area (Å²) in [5.74, 6) is -3.46. The number of hydrogen-bond donors (Lipinski definition) is 0. The van der Waals surface area contributed by atoms with Crippen LogP contribution in [0.1, 0.15) is 46.4 Å². The zero-order valence-corrected chi connectivity index (χ0v) is 18.2. The molecule has 1 saturated heterocycles. The number of ketones is 1. The zero-order valence-electron chi connectivity index (χ0n) is 17.5. The molecule has 9 nitrogen and oxygen atoms in total. The number of nitro groups is 1. The van der Waals surface area contributed by atoms with E-state index in [0.717, 1.165) is 28.9 Å². The average Bonchev–Trinajstić information content (AvgIpc) is 3.07. The van der Waals surface area contributed by atoms with Crippen LogP contribution in [0.4, 0.5) is 5.69 Å². The molecule has 10 heteroatoms. The molecule has 2 atom stereocenters. The fourth-order valence-corrected chi connectivity index (χ4v) is 4.51. The Kier molecular flexibility index (Phi) is 6.24. The second-order valence-electron chi connectivity index (χ2n) is 8.09. The summed E-state index contributed by atoms with van der Waals surface area (Å²) in [5.41, 5.74) is -0.186. The van der Waals surface area contributed by atoms with Crippen molar-refractivity contribution in [2.75, 3.05) is 6.54 Å². The van der Waals surface area contributed by atoms with Gasteiger partial charge in [0.25, 0.3) is 23.4 Å². The van der Waals surface area contributed by atoms with Gasteiger partial charge in [0.1, 0.15) is 6.54 Å². The second kappa shape index (κ2) is 9.11. The first kappa shape index (κ1) is 22.6. The first-order chi connectivity index (χ1) is 15.8. The smallest absolute Gasteiger partial charge is 0.273 e. The predicted octanol–water partition coefficient (Wildman–Crippen LogP) is 3.66. The number of halogens is 1. The molecule has 33 heavy (non-hydrogen) atoms. The molecule has 2 aromatic carbocycles. The molecule has 0 spiro atoms. The fraction of sp³-hybridized carbons (Fsp3) is 0.304. The van der Waals surface area contributed by atoms with Gasteiger partial charge in [0.15, 0.2) is 5.78 Å². The molecule has 170 valence electrons. The van der Waals surface area contributed by atoms with E-state index in [1.54, 1.807) is 0 Å². The fourth-order valence-electron chi connectivity index (χ4n) is 4.38. The van der Waals surface area contributed by atoms with E-state index < -0.39 is 46.8 Å². The molecule has 3 amide bonds. The van der Waals surface area contributed by atoms with Crippen molar-refractivity contribution in [2.45, 2.75) is 25.7 Å². The van der Waals surface area contributed by atoms with Gasteiger partial charge in [-0.1, -0.05) is 30.5 Å². The standard InChI is InChI=1S/C23H20ClN3O6/c24-16-10-8-14(9-11-16)20(28)13-25(21(29)15-4-3-5-17(12-15)27(32)33)26-22(30)18-6-1-2-7-19(18)23(26)31/h3-5,8-12,18-19H,1-2,6-7,13H2/t18-,19+. The van der Waals surface area contributed by atoms with Crippen molar-refractivity contribution in [1.82, 2.24) is 10.0 Å². The maximum absolute atomic E-state index is 13.4. The number of amides is 3. The molecule has 1 aliphatic heterocycles. The van der Waals surface area contributed by atoms with Crippen molar-refractivity contribution < 1.29 is 24.1 Å². The SMILES string of the molecule is O=C(CN(C(=O)c1cccc([N+](=O)[O-])c1)N1C(=O)[C@H]2CCCC[C@H]2C1=O)c1ccc(Cl)cc1. The van der Waals surface area contributed by atoms with Gasteiger partial charge < -0.3 is 0 Å². The van der Waals surface area contributed by atoms with Crippen molar-refractivity contribution in [3.63, 3.8) is 0 Å². The predicted molar refractivity (Wildman–Crippen MR) is 117 cm³/mol. The molecule has 2 aromatic rings. The molecule has 0 unspecified atom stereocenters. The van der Waals surface area contributed by atoms with Gasteiger partial charge in [0.2, 0.25) is 0 Å². The molecular formula is C23H20ClN3O6. The minimum absolute atomic E-state index is 0.108. The van der Waals surface area contributed by atoms with Crippen molar-refractivity contribution in [1.29, 1.82) is 0 Å². The number of carbonyl (C=O) groups excluding carboxylic acids is 4. The summed E-state index contributed by atoms with van der Waals surface area (Å²) in [6.45, 7) is -0.583. The largest absolute Gasteiger partial charge is 0.292 e. The van der Waals surface area contributed by atoms with E-state index in [0.29, 0.717) is 17.9 Å². The molecule has 0 aromatic heterocycles. The molecular weight excluding hydrogens is 450 g/mol. The van der Waals surface area contributed by atoms with Crippen LogP contribution in [0.3, 0.4) is 0 Å². The number of carbonyl (C=O) groups is 4. The molecule has 1 aliphatic carbocycles. The lowest BCUT2D eigenvalue weighted by Crippen LogP contribution is -2.52. The molecule has 4 rings (SSSR count). The van der Waals surface area contributed by atoms with Crippen molar-refractivity contribution >= 4 is 40.8 Å². The number of fused-ring (bicyclic) bond motifs is 1. The maximum Gasteiger partial charge on any atom is 0.273 e.